The largest absolute Gasteiger partial charge is 0.495 e. The van der Waals surface area contributed by atoms with Gasteiger partial charge in [-0.3, -0.25) is 0 Å². The van der Waals surface area contributed by atoms with E-state index in [1.807, 2.05) is 36.4 Å². The molecule has 0 amide bonds. The molecule has 100 valence electrons. The van der Waals surface area contributed by atoms with Gasteiger partial charge in [0.15, 0.2) is 0 Å². The van der Waals surface area contributed by atoms with E-state index < -0.39 is 0 Å². The van der Waals surface area contributed by atoms with Gasteiger partial charge in [-0.25, -0.2) is 0 Å². The molecule has 2 rings (SSSR count). The molecule has 0 aromatic heterocycles. The maximum atomic E-state index is 6.25. The third-order valence-electron chi connectivity index (χ3n) is 3.00. The van der Waals surface area contributed by atoms with Crippen LogP contribution in [0.4, 0.5) is 0 Å². The molecule has 4 heteroatoms. The van der Waals surface area contributed by atoms with Gasteiger partial charge in [0.05, 0.1) is 12.1 Å². The summed E-state index contributed by atoms with van der Waals surface area (Å²) in [5.74, 6) is 0.654. The SMILES string of the molecule is COc1cc(C(N)Cc2ccccc2Br)ccc1Cl. The Hall–Kier alpha value is -1.03. The van der Waals surface area contributed by atoms with Gasteiger partial charge in [-0.15, -0.1) is 0 Å². The van der Waals surface area contributed by atoms with Crippen molar-refractivity contribution in [2.75, 3.05) is 7.11 Å². The van der Waals surface area contributed by atoms with E-state index >= 15 is 0 Å². The summed E-state index contributed by atoms with van der Waals surface area (Å²) >= 11 is 9.55. The number of hydrogen-bond acceptors (Lipinski definition) is 2. The third-order valence-corrected chi connectivity index (χ3v) is 4.09. The summed E-state index contributed by atoms with van der Waals surface area (Å²) in [4.78, 5) is 0. The fourth-order valence-electron chi connectivity index (χ4n) is 1.93. The zero-order valence-corrected chi connectivity index (χ0v) is 12.9. The Morgan fingerprint density at radius 1 is 1.26 bits per heavy atom. The average Bonchev–Trinajstić information content (AvgIpc) is 2.42. The Labute approximate surface area is 126 Å². The van der Waals surface area contributed by atoms with Crippen molar-refractivity contribution in [2.45, 2.75) is 12.5 Å². The number of nitrogens with two attached hydrogens (primary N) is 1. The normalized spacial score (nSPS) is 12.2. The van der Waals surface area contributed by atoms with E-state index in [0.29, 0.717) is 10.8 Å². The molecule has 2 N–H and O–H groups in total. The van der Waals surface area contributed by atoms with Crippen LogP contribution in [-0.4, -0.2) is 7.11 Å². The van der Waals surface area contributed by atoms with Crippen LogP contribution in [-0.2, 0) is 6.42 Å². The highest BCUT2D eigenvalue weighted by molar-refractivity contribution is 9.10. The van der Waals surface area contributed by atoms with Gasteiger partial charge in [0.1, 0.15) is 5.75 Å². The van der Waals surface area contributed by atoms with Crippen molar-refractivity contribution in [1.29, 1.82) is 0 Å². The van der Waals surface area contributed by atoms with Crippen molar-refractivity contribution in [1.82, 2.24) is 0 Å². The van der Waals surface area contributed by atoms with E-state index in [2.05, 4.69) is 22.0 Å². The van der Waals surface area contributed by atoms with E-state index in [1.54, 1.807) is 7.11 Å². The predicted molar refractivity (Wildman–Crippen MR) is 82.8 cm³/mol. The summed E-state index contributed by atoms with van der Waals surface area (Å²) in [5, 5.41) is 0.597. The Bertz CT molecular complexity index is 574. The van der Waals surface area contributed by atoms with Crippen molar-refractivity contribution in [3.8, 4) is 5.75 Å². The highest BCUT2D eigenvalue weighted by atomic mass is 79.9. The quantitative estimate of drug-likeness (QED) is 0.898. The predicted octanol–water partition coefficient (Wildman–Crippen LogP) is 4.35. The van der Waals surface area contributed by atoms with E-state index in [-0.39, 0.29) is 6.04 Å². The number of halogens is 2. The Morgan fingerprint density at radius 3 is 2.68 bits per heavy atom. The second-order valence-electron chi connectivity index (χ2n) is 4.30. The highest BCUT2D eigenvalue weighted by Crippen LogP contribution is 2.29. The van der Waals surface area contributed by atoms with Crippen LogP contribution in [0.5, 0.6) is 5.75 Å². The first-order valence-electron chi connectivity index (χ1n) is 5.94. The molecule has 1 atom stereocenters. The van der Waals surface area contributed by atoms with Crippen LogP contribution in [0.25, 0.3) is 0 Å². The number of benzene rings is 2. The van der Waals surface area contributed by atoms with Gasteiger partial charge in [-0.1, -0.05) is 51.8 Å². The Balaban J connectivity index is 2.20. The summed E-state index contributed by atoms with van der Waals surface area (Å²) in [6, 6.07) is 13.6. The van der Waals surface area contributed by atoms with Crippen LogP contribution in [0.2, 0.25) is 5.02 Å². The van der Waals surface area contributed by atoms with Crippen molar-refractivity contribution in [3.63, 3.8) is 0 Å². The highest BCUT2D eigenvalue weighted by Gasteiger charge is 2.11. The van der Waals surface area contributed by atoms with Gasteiger partial charge < -0.3 is 10.5 Å². The van der Waals surface area contributed by atoms with E-state index in [1.165, 1.54) is 5.56 Å². The summed E-state index contributed by atoms with van der Waals surface area (Å²) in [5.41, 5.74) is 8.45. The number of methoxy groups -OCH3 is 1. The number of hydrogen-bond donors (Lipinski definition) is 1. The van der Waals surface area contributed by atoms with Crippen molar-refractivity contribution < 1.29 is 4.74 Å². The van der Waals surface area contributed by atoms with Gasteiger partial charge in [0, 0.05) is 10.5 Å². The number of rotatable bonds is 4. The first-order chi connectivity index (χ1) is 9.11. The topological polar surface area (TPSA) is 35.2 Å². The molecule has 0 saturated heterocycles. The minimum atomic E-state index is -0.0927. The molecular weight excluding hydrogens is 326 g/mol. The molecule has 0 spiro atoms. The summed E-state index contributed by atoms with van der Waals surface area (Å²) in [6.07, 6.45) is 0.756. The summed E-state index contributed by atoms with van der Waals surface area (Å²) in [6.45, 7) is 0. The smallest absolute Gasteiger partial charge is 0.137 e. The molecule has 0 heterocycles. The minimum absolute atomic E-state index is 0.0927. The third kappa shape index (κ3) is 3.50. The summed E-state index contributed by atoms with van der Waals surface area (Å²) < 4.78 is 6.29. The lowest BCUT2D eigenvalue weighted by Gasteiger charge is -2.15. The Kier molecular flexibility index (Phi) is 4.86. The molecule has 2 aromatic carbocycles. The molecule has 0 bridgehead atoms. The second kappa shape index (κ2) is 6.42. The van der Waals surface area contributed by atoms with E-state index in [4.69, 9.17) is 22.1 Å². The van der Waals surface area contributed by atoms with Crippen molar-refractivity contribution in [2.24, 2.45) is 5.73 Å². The van der Waals surface area contributed by atoms with Crippen LogP contribution in [0.1, 0.15) is 17.2 Å². The molecule has 2 nitrogen and oxygen atoms in total. The van der Waals surface area contributed by atoms with Gasteiger partial charge in [-0.05, 0) is 35.7 Å². The monoisotopic (exact) mass is 339 g/mol. The van der Waals surface area contributed by atoms with Gasteiger partial charge in [-0.2, -0.15) is 0 Å². The van der Waals surface area contributed by atoms with E-state index in [0.717, 1.165) is 16.5 Å². The molecule has 0 fully saturated rings. The molecular formula is C15H15BrClNO. The molecule has 0 radical (unpaired) electrons. The first-order valence-corrected chi connectivity index (χ1v) is 7.11. The van der Waals surface area contributed by atoms with Gasteiger partial charge in [0.25, 0.3) is 0 Å². The maximum absolute atomic E-state index is 6.25. The van der Waals surface area contributed by atoms with Crippen LogP contribution in [0.3, 0.4) is 0 Å². The molecule has 1 unspecified atom stereocenters. The van der Waals surface area contributed by atoms with Gasteiger partial charge in [0.2, 0.25) is 0 Å². The fraction of sp³-hybridized carbons (Fsp3) is 0.200. The van der Waals surface area contributed by atoms with Crippen LogP contribution in [0.15, 0.2) is 46.9 Å². The molecule has 0 aliphatic rings. The average molecular weight is 341 g/mol. The lowest BCUT2D eigenvalue weighted by atomic mass is 9.99. The zero-order chi connectivity index (χ0) is 13.8. The van der Waals surface area contributed by atoms with Crippen molar-refractivity contribution in [3.05, 3.63) is 63.1 Å². The van der Waals surface area contributed by atoms with Crippen LogP contribution < -0.4 is 10.5 Å². The molecule has 0 aliphatic heterocycles. The maximum Gasteiger partial charge on any atom is 0.137 e. The van der Waals surface area contributed by atoms with E-state index in [9.17, 15) is 0 Å². The lowest BCUT2D eigenvalue weighted by Crippen LogP contribution is -2.13. The zero-order valence-electron chi connectivity index (χ0n) is 10.6. The second-order valence-corrected chi connectivity index (χ2v) is 5.56. The van der Waals surface area contributed by atoms with Gasteiger partial charge >= 0.3 is 0 Å². The fourth-order valence-corrected chi connectivity index (χ4v) is 2.57. The van der Waals surface area contributed by atoms with Crippen LogP contribution >= 0.6 is 27.5 Å². The minimum Gasteiger partial charge on any atom is -0.495 e. The van der Waals surface area contributed by atoms with Crippen molar-refractivity contribution >= 4 is 27.5 Å². The molecule has 2 aromatic rings. The number of ether oxygens (including phenoxy) is 1. The summed E-state index contributed by atoms with van der Waals surface area (Å²) in [7, 11) is 1.60. The molecule has 19 heavy (non-hydrogen) atoms. The molecule has 0 aliphatic carbocycles. The molecule has 0 saturated carbocycles. The Morgan fingerprint density at radius 2 is 2.00 bits per heavy atom. The lowest BCUT2D eigenvalue weighted by molar-refractivity contribution is 0.414. The van der Waals surface area contributed by atoms with Crippen LogP contribution in [0, 0.1) is 0 Å². The standard InChI is InChI=1S/C15H15BrClNO/c1-19-15-9-11(6-7-13(15)17)14(18)8-10-4-2-3-5-12(10)16/h2-7,9,14H,8,18H2,1H3. The first kappa shape index (κ1) is 14.4.